The number of nitrogens with zero attached hydrogens (tertiary/aromatic N) is 2. The lowest BCUT2D eigenvalue weighted by Gasteiger charge is -2.33. The minimum absolute atomic E-state index is 0.141. The lowest BCUT2D eigenvalue weighted by molar-refractivity contribution is 0.0886. The van der Waals surface area contributed by atoms with Crippen molar-refractivity contribution in [3.8, 4) is 11.3 Å². The van der Waals surface area contributed by atoms with Gasteiger partial charge in [-0.1, -0.05) is 47.8 Å². The van der Waals surface area contributed by atoms with Gasteiger partial charge in [-0.3, -0.25) is 4.79 Å². The van der Waals surface area contributed by atoms with E-state index in [-0.39, 0.29) is 11.9 Å². The van der Waals surface area contributed by atoms with Crippen LogP contribution in [0.4, 0.5) is 0 Å². The molecule has 0 aliphatic heterocycles. The predicted octanol–water partition coefficient (Wildman–Crippen LogP) is 3.50. The summed E-state index contributed by atoms with van der Waals surface area (Å²) < 4.78 is 5.37. The summed E-state index contributed by atoms with van der Waals surface area (Å²) in [5.74, 6) is 0.979. The largest absolute Gasteiger partial charge is 0.355 e. The molecule has 1 aromatic carbocycles. The molecule has 2 atom stereocenters. The lowest BCUT2D eigenvalue weighted by atomic mass is 9.84. The molecule has 5 heteroatoms. The summed E-state index contributed by atoms with van der Waals surface area (Å²) in [5.41, 5.74) is 2.47. The Labute approximate surface area is 149 Å². The van der Waals surface area contributed by atoms with Crippen molar-refractivity contribution in [3.63, 3.8) is 0 Å². The third-order valence-corrected chi connectivity index (χ3v) is 4.90. The first-order valence-corrected chi connectivity index (χ1v) is 9.02. The highest BCUT2D eigenvalue weighted by atomic mass is 16.5. The van der Waals surface area contributed by atoms with Crippen molar-refractivity contribution in [2.75, 3.05) is 20.6 Å². The van der Waals surface area contributed by atoms with Gasteiger partial charge in [-0.05, 0) is 39.8 Å². The fourth-order valence-corrected chi connectivity index (χ4v) is 3.56. The second-order valence-corrected chi connectivity index (χ2v) is 7.33. The molecule has 1 aliphatic rings. The molecule has 5 nitrogen and oxygen atoms in total. The van der Waals surface area contributed by atoms with Crippen molar-refractivity contribution in [1.29, 1.82) is 0 Å². The molecule has 1 saturated carbocycles. The first kappa shape index (κ1) is 17.7. The Hall–Kier alpha value is -2.14. The molecular weight excluding hydrogens is 314 g/mol. The van der Waals surface area contributed by atoms with Gasteiger partial charge in [-0.2, -0.15) is 0 Å². The normalized spacial score (nSPS) is 20.6. The SMILES string of the molecule is Cc1ccc(-c2cc(C(=O)NC3CCCCC3CN(C)C)no2)cc1. The second kappa shape index (κ2) is 7.83. The van der Waals surface area contributed by atoms with Crippen LogP contribution in [-0.2, 0) is 0 Å². The number of rotatable bonds is 5. The summed E-state index contributed by atoms with van der Waals surface area (Å²) in [6.45, 7) is 3.04. The van der Waals surface area contributed by atoms with Gasteiger partial charge in [-0.15, -0.1) is 0 Å². The van der Waals surface area contributed by atoms with E-state index in [9.17, 15) is 4.79 Å². The third kappa shape index (κ3) is 4.48. The van der Waals surface area contributed by atoms with Crippen LogP contribution in [0.25, 0.3) is 11.3 Å². The average molecular weight is 341 g/mol. The van der Waals surface area contributed by atoms with E-state index >= 15 is 0 Å². The Morgan fingerprint density at radius 3 is 2.68 bits per heavy atom. The summed E-state index contributed by atoms with van der Waals surface area (Å²) in [6, 6.07) is 9.93. The fraction of sp³-hybridized carbons (Fsp3) is 0.500. The summed E-state index contributed by atoms with van der Waals surface area (Å²) >= 11 is 0. The summed E-state index contributed by atoms with van der Waals surface area (Å²) in [7, 11) is 4.16. The molecule has 25 heavy (non-hydrogen) atoms. The standard InChI is InChI=1S/C20H27N3O2/c1-14-8-10-15(11-9-14)19-12-18(22-25-19)20(24)21-17-7-5-4-6-16(17)13-23(2)3/h8-12,16-17H,4-7,13H2,1-3H3,(H,21,24). The molecule has 3 rings (SSSR count). The monoisotopic (exact) mass is 341 g/mol. The molecule has 0 saturated heterocycles. The number of amides is 1. The molecule has 1 aromatic heterocycles. The number of benzene rings is 1. The van der Waals surface area contributed by atoms with E-state index in [1.807, 2.05) is 31.2 Å². The van der Waals surface area contributed by atoms with Gasteiger partial charge in [0.25, 0.3) is 5.91 Å². The molecule has 0 radical (unpaired) electrons. The quantitative estimate of drug-likeness (QED) is 0.904. The summed E-state index contributed by atoms with van der Waals surface area (Å²) in [6.07, 6.45) is 4.61. The van der Waals surface area contributed by atoms with Crippen molar-refractivity contribution in [1.82, 2.24) is 15.4 Å². The zero-order valence-corrected chi connectivity index (χ0v) is 15.3. The number of carbonyl (C=O) groups is 1. The van der Waals surface area contributed by atoms with E-state index in [0.29, 0.717) is 17.4 Å². The Bertz CT molecular complexity index is 706. The number of hydrogen-bond acceptors (Lipinski definition) is 4. The van der Waals surface area contributed by atoms with Crippen LogP contribution < -0.4 is 5.32 Å². The number of aromatic nitrogens is 1. The minimum Gasteiger partial charge on any atom is -0.355 e. The first-order valence-electron chi connectivity index (χ1n) is 9.02. The lowest BCUT2D eigenvalue weighted by Crippen LogP contribution is -2.45. The smallest absolute Gasteiger partial charge is 0.273 e. The Morgan fingerprint density at radius 2 is 1.96 bits per heavy atom. The number of nitrogens with one attached hydrogen (secondary N) is 1. The van der Waals surface area contributed by atoms with Crippen LogP contribution in [0.15, 0.2) is 34.9 Å². The Morgan fingerprint density at radius 1 is 1.24 bits per heavy atom. The predicted molar refractivity (Wildman–Crippen MR) is 98.4 cm³/mol. The highest BCUT2D eigenvalue weighted by Crippen LogP contribution is 2.26. The maximum Gasteiger partial charge on any atom is 0.273 e. The maximum atomic E-state index is 12.6. The summed E-state index contributed by atoms with van der Waals surface area (Å²) in [5, 5.41) is 7.15. The molecule has 1 heterocycles. The zero-order valence-electron chi connectivity index (χ0n) is 15.3. The highest BCUT2D eigenvalue weighted by Gasteiger charge is 2.28. The third-order valence-electron chi connectivity index (χ3n) is 4.90. The van der Waals surface area contributed by atoms with Gasteiger partial charge < -0.3 is 14.7 Å². The van der Waals surface area contributed by atoms with Gasteiger partial charge in [0, 0.05) is 24.2 Å². The van der Waals surface area contributed by atoms with Crippen molar-refractivity contribution in [3.05, 3.63) is 41.6 Å². The van der Waals surface area contributed by atoms with Crippen LogP contribution in [0.2, 0.25) is 0 Å². The van der Waals surface area contributed by atoms with Crippen LogP contribution >= 0.6 is 0 Å². The first-order chi connectivity index (χ1) is 12.0. The van der Waals surface area contributed by atoms with E-state index in [1.54, 1.807) is 6.07 Å². The Balaban J connectivity index is 1.67. The van der Waals surface area contributed by atoms with Crippen molar-refractivity contribution in [2.45, 2.75) is 38.6 Å². The molecule has 2 aromatic rings. The molecular formula is C20H27N3O2. The van der Waals surface area contributed by atoms with Crippen LogP contribution in [0.5, 0.6) is 0 Å². The van der Waals surface area contributed by atoms with Crippen molar-refractivity contribution < 1.29 is 9.32 Å². The molecule has 1 amide bonds. The average Bonchev–Trinajstić information content (AvgIpc) is 3.07. The van der Waals surface area contributed by atoms with Crippen LogP contribution in [-0.4, -0.2) is 42.6 Å². The van der Waals surface area contributed by atoms with Gasteiger partial charge in [-0.25, -0.2) is 0 Å². The number of aryl methyl sites for hydroxylation is 1. The van der Waals surface area contributed by atoms with Crippen LogP contribution in [0.3, 0.4) is 0 Å². The number of hydrogen-bond donors (Lipinski definition) is 1. The van der Waals surface area contributed by atoms with Gasteiger partial charge in [0.05, 0.1) is 0 Å². The topological polar surface area (TPSA) is 58.4 Å². The maximum absolute atomic E-state index is 12.6. The van der Waals surface area contributed by atoms with E-state index in [1.165, 1.54) is 18.4 Å². The molecule has 1 N–H and O–H groups in total. The van der Waals surface area contributed by atoms with Crippen LogP contribution in [0, 0.1) is 12.8 Å². The molecule has 0 bridgehead atoms. The van der Waals surface area contributed by atoms with Gasteiger partial charge in [0.15, 0.2) is 11.5 Å². The van der Waals surface area contributed by atoms with Gasteiger partial charge >= 0.3 is 0 Å². The van der Waals surface area contributed by atoms with Gasteiger partial charge in [0.2, 0.25) is 0 Å². The van der Waals surface area contributed by atoms with E-state index in [0.717, 1.165) is 24.9 Å². The van der Waals surface area contributed by atoms with E-state index < -0.39 is 0 Å². The minimum atomic E-state index is -0.141. The second-order valence-electron chi connectivity index (χ2n) is 7.33. The molecule has 2 unspecified atom stereocenters. The highest BCUT2D eigenvalue weighted by molar-refractivity contribution is 5.93. The molecule has 1 fully saturated rings. The molecule has 0 spiro atoms. The van der Waals surface area contributed by atoms with Crippen molar-refractivity contribution in [2.24, 2.45) is 5.92 Å². The Kier molecular flexibility index (Phi) is 5.53. The zero-order chi connectivity index (χ0) is 17.8. The molecule has 1 aliphatic carbocycles. The molecule has 134 valence electrons. The van der Waals surface area contributed by atoms with E-state index in [4.69, 9.17) is 4.52 Å². The van der Waals surface area contributed by atoms with Crippen LogP contribution in [0.1, 0.15) is 41.7 Å². The number of carbonyl (C=O) groups excluding carboxylic acids is 1. The van der Waals surface area contributed by atoms with E-state index in [2.05, 4.69) is 29.5 Å². The fourth-order valence-electron chi connectivity index (χ4n) is 3.56. The van der Waals surface area contributed by atoms with Gasteiger partial charge in [0.1, 0.15) is 0 Å². The summed E-state index contributed by atoms with van der Waals surface area (Å²) in [4.78, 5) is 14.8. The van der Waals surface area contributed by atoms with Crippen molar-refractivity contribution >= 4 is 5.91 Å².